The van der Waals surface area contributed by atoms with Gasteiger partial charge < -0.3 is 10.2 Å². The molecule has 1 atom stereocenters. The van der Waals surface area contributed by atoms with Crippen molar-refractivity contribution in [2.75, 3.05) is 6.26 Å². The molecule has 1 fully saturated rings. The van der Waals surface area contributed by atoms with Gasteiger partial charge in [-0.15, -0.1) is 0 Å². The fourth-order valence-electron chi connectivity index (χ4n) is 3.29. The Labute approximate surface area is 139 Å². The van der Waals surface area contributed by atoms with Crippen LogP contribution in [0.3, 0.4) is 0 Å². The largest absolute Gasteiger partial charge is 0.334 e. The van der Waals surface area contributed by atoms with Crippen LogP contribution in [0.15, 0.2) is 24.3 Å². The van der Waals surface area contributed by atoms with Gasteiger partial charge in [-0.1, -0.05) is 24.3 Å². The van der Waals surface area contributed by atoms with Crippen LogP contribution in [-0.4, -0.2) is 37.2 Å². The zero-order chi connectivity index (χ0) is 17.3. The zero-order valence-corrected chi connectivity index (χ0v) is 15.1. The van der Waals surface area contributed by atoms with Crippen molar-refractivity contribution in [3.8, 4) is 0 Å². The lowest BCUT2D eigenvalue weighted by molar-refractivity contribution is 0.145. The Kier molecular flexibility index (Phi) is 5.04. The van der Waals surface area contributed by atoms with Gasteiger partial charge in [0.1, 0.15) is 0 Å². The van der Waals surface area contributed by atoms with Crippen molar-refractivity contribution in [1.82, 2.24) is 10.2 Å². The van der Waals surface area contributed by atoms with E-state index in [0.717, 1.165) is 24.0 Å². The second kappa shape index (κ2) is 6.51. The van der Waals surface area contributed by atoms with Crippen molar-refractivity contribution in [3.63, 3.8) is 0 Å². The number of nitrogens with zero attached hydrogens (tertiary/aromatic N) is 1. The quantitative estimate of drug-likeness (QED) is 0.918. The summed E-state index contributed by atoms with van der Waals surface area (Å²) < 4.78 is 23.1. The van der Waals surface area contributed by atoms with E-state index in [0.29, 0.717) is 6.54 Å². The monoisotopic (exact) mass is 338 g/mol. The fourth-order valence-corrected chi connectivity index (χ4v) is 4.14. The molecule has 23 heavy (non-hydrogen) atoms. The van der Waals surface area contributed by atoms with Crippen LogP contribution in [0.2, 0.25) is 0 Å². The topological polar surface area (TPSA) is 66.5 Å². The Morgan fingerprint density at radius 1 is 1.30 bits per heavy atom. The molecule has 5 nitrogen and oxygen atoms in total. The molecular formula is C17H26N2O3S. The molecule has 0 aliphatic carbocycles. The molecule has 1 saturated heterocycles. The molecule has 0 bridgehead atoms. The van der Waals surface area contributed by atoms with E-state index in [-0.39, 0.29) is 23.4 Å². The lowest BCUT2D eigenvalue weighted by Gasteiger charge is -2.34. The lowest BCUT2D eigenvalue weighted by atomic mass is 10.0. The second-order valence-electron chi connectivity index (χ2n) is 7.07. The van der Waals surface area contributed by atoms with Gasteiger partial charge in [0.15, 0.2) is 9.84 Å². The van der Waals surface area contributed by atoms with Crippen LogP contribution in [0.1, 0.15) is 44.7 Å². The number of carbonyl (C=O) groups excluding carboxylic acids is 1. The summed E-state index contributed by atoms with van der Waals surface area (Å²) in [5.41, 5.74) is 1.44. The van der Waals surface area contributed by atoms with Crippen molar-refractivity contribution in [1.29, 1.82) is 0 Å². The van der Waals surface area contributed by atoms with Gasteiger partial charge in [-0.25, -0.2) is 13.2 Å². The minimum absolute atomic E-state index is 0.00927. The molecule has 1 aromatic carbocycles. The first-order chi connectivity index (χ1) is 10.6. The van der Waals surface area contributed by atoms with E-state index in [1.807, 2.05) is 23.1 Å². The highest BCUT2D eigenvalue weighted by molar-refractivity contribution is 7.89. The molecule has 1 heterocycles. The van der Waals surface area contributed by atoms with Crippen LogP contribution >= 0.6 is 0 Å². The fraction of sp³-hybridized carbons (Fsp3) is 0.588. The Balaban J connectivity index is 2.08. The molecule has 2 amide bonds. The number of benzene rings is 1. The molecular weight excluding hydrogens is 312 g/mol. The zero-order valence-electron chi connectivity index (χ0n) is 14.3. The summed E-state index contributed by atoms with van der Waals surface area (Å²) in [5.74, 6) is -0.00927. The van der Waals surface area contributed by atoms with Crippen molar-refractivity contribution in [3.05, 3.63) is 35.4 Å². The maximum absolute atomic E-state index is 12.5. The van der Waals surface area contributed by atoms with Gasteiger partial charge >= 0.3 is 6.03 Å². The van der Waals surface area contributed by atoms with Crippen molar-refractivity contribution in [2.24, 2.45) is 0 Å². The van der Waals surface area contributed by atoms with Gasteiger partial charge in [0.2, 0.25) is 0 Å². The summed E-state index contributed by atoms with van der Waals surface area (Å²) >= 11 is 0. The SMILES string of the molecule is CC1CCC(C)(C)N1C(=O)NCc1ccccc1CS(C)(=O)=O. The van der Waals surface area contributed by atoms with Crippen LogP contribution in [0.25, 0.3) is 0 Å². The minimum atomic E-state index is -3.10. The maximum Gasteiger partial charge on any atom is 0.318 e. The smallest absolute Gasteiger partial charge is 0.318 e. The number of carbonyl (C=O) groups is 1. The molecule has 128 valence electrons. The second-order valence-corrected chi connectivity index (χ2v) is 9.21. The molecule has 0 radical (unpaired) electrons. The van der Waals surface area contributed by atoms with E-state index in [9.17, 15) is 13.2 Å². The van der Waals surface area contributed by atoms with Crippen LogP contribution in [0, 0.1) is 0 Å². The number of hydrogen-bond donors (Lipinski definition) is 1. The number of hydrogen-bond acceptors (Lipinski definition) is 3. The average molecular weight is 338 g/mol. The van der Waals surface area contributed by atoms with E-state index in [1.54, 1.807) is 6.07 Å². The Morgan fingerprint density at radius 2 is 1.91 bits per heavy atom. The van der Waals surface area contributed by atoms with Gasteiger partial charge in [-0.3, -0.25) is 0 Å². The first-order valence-electron chi connectivity index (χ1n) is 7.92. The first-order valence-corrected chi connectivity index (χ1v) is 9.98. The highest BCUT2D eigenvalue weighted by Gasteiger charge is 2.40. The van der Waals surface area contributed by atoms with Crippen LogP contribution in [-0.2, 0) is 22.1 Å². The van der Waals surface area contributed by atoms with Gasteiger partial charge in [-0.05, 0) is 44.7 Å². The lowest BCUT2D eigenvalue weighted by Crippen LogP contribution is -2.50. The van der Waals surface area contributed by atoms with Crippen molar-refractivity contribution in [2.45, 2.75) is 57.5 Å². The summed E-state index contributed by atoms with van der Waals surface area (Å²) in [7, 11) is -3.10. The highest BCUT2D eigenvalue weighted by Crippen LogP contribution is 2.33. The Bertz CT molecular complexity index is 683. The summed E-state index contributed by atoms with van der Waals surface area (Å²) in [6.45, 7) is 6.55. The van der Waals surface area contributed by atoms with Crippen molar-refractivity contribution >= 4 is 15.9 Å². The van der Waals surface area contributed by atoms with Crippen LogP contribution in [0.4, 0.5) is 4.79 Å². The number of urea groups is 1. The number of nitrogens with one attached hydrogen (secondary N) is 1. The summed E-state index contributed by atoms with van der Waals surface area (Å²) in [5, 5.41) is 2.95. The third-order valence-corrected chi connectivity index (χ3v) is 5.29. The van der Waals surface area contributed by atoms with E-state index in [1.165, 1.54) is 6.26 Å². The molecule has 0 aromatic heterocycles. The normalized spacial score (nSPS) is 20.5. The van der Waals surface area contributed by atoms with Gasteiger partial charge in [0, 0.05) is 24.4 Å². The highest BCUT2D eigenvalue weighted by atomic mass is 32.2. The molecule has 1 aromatic rings. The van der Waals surface area contributed by atoms with E-state index >= 15 is 0 Å². The van der Waals surface area contributed by atoms with Gasteiger partial charge in [0.05, 0.1) is 5.75 Å². The van der Waals surface area contributed by atoms with Gasteiger partial charge in [-0.2, -0.15) is 0 Å². The number of amides is 2. The minimum Gasteiger partial charge on any atom is -0.334 e. The summed E-state index contributed by atoms with van der Waals surface area (Å²) in [6.07, 6.45) is 3.22. The van der Waals surface area contributed by atoms with Crippen molar-refractivity contribution < 1.29 is 13.2 Å². The maximum atomic E-state index is 12.5. The molecule has 6 heteroatoms. The molecule has 1 aliphatic heterocycles. The Hall–Kier alpha value is -1.56. The average Bonchev–Trinajstić information content (AvgIpc) is 2.69. The summed E-state index contributed by atoms with van der Waals surface area (Å²) in [6, 6.07) is 7.46. The van der Waals surface area contributed by atoms with Crippen LogP contribution in [0.5, 0.6) is 0 Å². The predicted octanol–water partition coefficient (Wildman–Crippen LogP) is 2.70. The number of sulfone groups is 1. The van der Waals surface area contributed by atoms with E-state index < -0.39 is 9.84 Å². The third-order valence-electron chi connectivity index (χ3n) is 4.45. The molecule has 1 unspecified atom stereocenters. The molecule has 1 aliphatic rings. The van der Waals surface area contributed by atoms with Gasteiger partial charge in [0.25, 0.3) is 0 Å². The molecule has 0 saturated carbocycles. The molecule has 2 rings (SSSR count). The van der Waals surface area contributed by atoms with Crippen LogP contribution < -0.4 is 5.32 Å². The van der Waals surface area contributed by atoms with E-state index in [2.05, 4.69) is 26.1 Å². The number of rotatable bonds is 4. The molecule has 0 spiro atoms. The predicted molar refractivity (Wildman–Crippen MR) is 91.8 cm³/mol. The summed E-state index contributed by atoms with van der Waals surface area (Å²) in [4.78, 5) is 14.4. The third kappa shape index (κ3) is 4.47. The standard InChI is InChI=1S/C17H26N2O3S/c1-13-9-10-17(2,3)19(13)16(20)18-11-14-7-5-6-8-15(14)12-23(4,21)22/h5-8,13H,9-12H2,1-4H3,(H,18,20). The van der Waals surface area contributed by atoms with E-state index in [4.69, 9.17) is 0 Å². The Morgan fingerprint density at radius 3 is 2.43 bits per heavy atom. The first kappa shape index (κ1) is 17.8. The number of likely N-dealkylation sites (tertiary alicyclic amines) is 1. The molecule has 1 N–H and O–H groups in total.